The quantitative estimate of drug-likeness (QED) is 0.310. The molecule has 0 fully saturated rings. The molecule has 3 aromatic rings. The number of carbonyl (C=O) groups excluding carboxylic acids is 1. The van der Waals surface area contributed by atoms with Crippen molar-refractivity contribution in [1.82, 2.24) is 14.3 Å². The summed E-state index contributed by atoms with van der Waals surface area (Å²) in [7, 11) is 1.75. The van der Waals surface area contributed by atoms with Gasteiger partial charge in [0.1, 0.15) is 17.1 Å². The van der Waals surface area contributed by atoms with Gasteiger partial charge in [-0.25, -0.2) is 4.79 Å². The summed E-state index contributed by atoms with van der Waals surface area (Å²) in [5, 5.41) is 15.1. The van der Waals surface area contributed by atoms with Gasteiger partial charge in [-0.2, -0.15) is 5.10 Å². The van der Waals surface area contributed by atoms with Crippen LogP contribution in [0.5, 0.6) is 5.75 Å². The lowest BCUT2D eigenvalue weighted by Crippen LogP contribution is -2.14. The Kier molecular flexibility index (Phi) is 4.33. The number of nitrogens with zero attached hydrogens (tertiary/aromatic N) is 4. The van der Waals surface area contributed by atoms with E-state index in [1.54, 1.807) is 18.7 Å². The van der Waals surface area contributed by atoms with Crippen LogP contribution in [0.3, 0.4) is 0 Å². The third-order valence-corrected chi connectivity index (χ3v) is 4.19. The highest BCUT2D eigenvalue weighted by Crippen LogP contribution is 2.25. The maximum absolute atomic E-state index is 12.7. The van der Waals surface area contributed by atoms with Crippen molar-refractivity contribution in [2.24, 2.45) is 7.05 Å². The fourth-order valence-corrected chi connectivity index (χ4v) is 2.90. The molecule has 0 saturated carbocycles. The number of aryl methyl sites for hydroxylation is 4. The van der Waals surface area contributed by atoms with Crippen LogP contribution in [0.1, 0.15) is 27.3 Å². The summed E-state index contributed by atoms with van der Waals surface area (Å²) in [6.07, 6.45) is 1.45. The molecule has 0 bridgehead atoms. The summed E-state index contributed by atoms with van der Waals surface area (Å²) in [4.78, 5) is 23.1. The van der Waals surface area contributed by atoms with Crippen molar-refractivity contribution in [1.29, 1.82) is 0 Å². The highest BCUT2D eigenvalue weighted by Gasteiger charge is 2.22. The number of ether oxygens (including phenoxy) is 1. The first kappa shape index (κ1) is 17.4. The molecule has 0 unspecified atom stereocenters. The summed E-state index contributed by atoms with van der Waals surface area (Å²) in [5.41, 5.74) is 2.64. The number of esters is 1. The lowest BCUT2D eigenvalue weighted by Gasteiger charge is -2.12. The van der Waals surface area contributed by atoms with Crippen LogP contribution in [0.4, 0.5) is 5.69 Å². The molecule has 1 aromatic carbocycles. The molecule has 0 amide bonds. The summed E-state index contributed by atoms with van der Waals surface area (Å²) < 4.78 is 8.95. The van der Waals surface area contributed by atoms with E-state index in [-0.39, 0.29) is 11.4 Å². The van der Waals surface area contributed by atoms with Gasteiger partial charge in [0, 0.05) is 30.1 Å². The van der Waals surface area contributed by atoms with E-state index in [1.807, 2.05) is 30.5 Å². The predicted octanol–water partition coefficient (Wildman–Crippen LogP) is 3.26. The molecule has 3 rings (SSSR count). The molecule has 8 heteroatoms. The van der Waals surface area contributed by atoms with Gasteiger partial charge in [0.15, 0.2) is 0 Å². The van der Waals surface area contributed by atoms with Crippen molar-refractivity contribution >= 4 is 11.7 Å². The predicted molar refractivity (Wildman–Crippen MR) is 94.8 cm³/mol. The number of rotatable bonds is 4. The number of nitro benzene ring substituents is 1. The van der Waals surface area contributed by atoms with Crippen LogP contribution in [-0.2, 0) is 7.05 Å². The summed E-state index contributed by atoms with van der Waals surface area (Å²) in [5.74, 6) is 0.274. The molecular weight excluding hydrogens is 336 g/mol. The Morgan fingerprint density at radius 3 is 2.38 bits per heavy atom. The summed E-state index contributed by atoms with van der Waals surface area (Å²) in [6.45, 7) is 5.47. The first-order valence-electron chi connectivity index (χ1n) is 7.94. The fraction of sp³-hybridized carbons (Fsp3) is 0.222. The van der Waals surface area contributed by atoms with E-state index in [1.165, 1.54) is 24.4 Å². The molecule has 134 valence electrons. The molecule has 0 aliphatic carbocycles. The highest BCUT2D eigenvalue weighted by atomic mass is 16.6. The van der Waals surface area contributed by atoms with Crippen LogP contribution in [0.25, 0.3) is 5.82 Å². The van der Waals surface area contributed by atoms with Gasteiger partial charge in [0.05, 0.1) is 11.1 Å². The second-order valence-electron chi connectivity index (χ2n) is 6.05. The Labute approximate surface area is 149 Å². The summed E-state index contributed by atoms with van der Waals surface area (Å²) >= 11 is 0. The molecule has 8 nitrogen and oxygen atoms in total. The minimum atomic E-state index is -0.575. The lowest BCUT2D eigenvalue weighted by molar-refractivity contribution is -0.385. The van der Waals surface area contributed by atoms with Crippen LogP contribution in [-0.4, -0.2) is 25.2 Å². The molecule has 26 heavy (non-hydrogen) atoms. The number of carbonyl (C=O) groups is 1. The maximum atomic E-state index is 12.7. The average Bonchev–Trinajstić information content (AvgIpc) is 3.09. The highest BCUT2D eigenvalue weighted by molar-refractivity contribution is 5.94. The number of aromatic nitrogens is 3. The van der Waals surface area contributed by atoms with Crippen molar-refractivity contribution in [2.45, 2.75) is 20.8 Å². The Morgan fingerprint density at radius 1 is 1.15 bits per heavy atom. The molecule has 0 aliphatic rings. The minimum absolute atomic E-state index is 0.0227. The van der Waals surface area contributed by atoms with Gasteiger partial charge < -0.3 is 9.30 Å². The lowest BCUT2D eigenvalue weighted by atomic mass is 10.2. The average molecular weight is 354 g/mol. The second kappa shape index (κ2) is 6.47. The molecule has 0 N–H and O–H groups in total. The zero-order chi connectivity index (χ0) is 19.0. The van der Waals surface area contributed by atoms with Crippen molar-refractivity contribution in [3.05, 3.63) is 69.2 Å². The Balaban J connectivity index is 1.95. The molecule has 0 saturated heterocycles. The zero-order valence-electron chi connectivity index (χ0n) is 14.9. The van der Waals surface area contributed by atoms with Crippen molar-refractivity contribution < 1.29 is 14.5 Å². The third-order valence-electron chi connectivity index (χ3n) is 4.19. The first-order chi connectivity index (χ1) is 12.3. The van der Waals surface area contributed by atoms with Gasteiger partial charge in [0.25, 0.3) is 5.69 Å². The molecule has 2 aromatic heterocycles. The van der Waals surface area contributed by atoms with Gasteiger partial charge in [-0.1, -0.05) is 0 Å². The van der Waals surface area contributed by atoms with E-state index < -0.39 is 10.9 Å². The van der Waals surface area contributed by atoms with Gasteiger partial charge in [-0.15, -0.1) is 0 Å². The van der Waals surface area contributed by atoms with E-state index >= 15 is 0 Å². The fourth-order valence-electron chi connectivity index (χ4n) is 2.90. The molecule has 0 atom stereocenters. The second-order valence-corrected chi connectivity index (χ2v) is 6.05. The topological polar surface area (TPSA) is 92.2 Å². The monoisotopic (exact) mass is 354 g/mol. The first-order valence-corrected chi connectivity index (χ1v) is 7.94. The van der Waals surface area contributed by atoms with Crippen molar-refractivity contribution in [3.63, 3.8) is 0 Å². The standard InChI is InChI=1S/C18H18N4O4/c1-11-9-14(7-8-16(11)22(24)25)26-18(23)15-10-19-20(4)17(15)21-12(2)5-6-13(21)3/h5-10H,1-4H3. The van der Waals surface area contributed by atoms with E-state index in [0.29, 0.717) is 16.9 Å². The van der Waals surface area contributed by atoms with Crippen LogP contribution < -0.4 is 4.74 Å². The van der Waals surface area contributed by atoms with Crippen LogP contribution in [0, 0.1) is 30.9 Å². The molecule has 0 spiro atoms. The van der Waals surface area contributed by atoms with E-state index in [9.17, 15) is 14.9 Å². The van der Waals surface area contributed by atoms with Gasteiger partial charge in [-0.3, -0.25) is 14.8 Å². The van der Waals surface area contributed by atoms with Gasteiger partial charge in [-0.05, 0) is 45.0 Å². The third kappa shape index (κ3) is 2.97. The van der Waals surface area contributed by atoms with Crippen LogP contribution >= 0.6 is 0 Å². The minimum Gasteiger partial charge on any atom is -0.423 e. The maximum Gasteiger partial charge on any atom is 0.348 e. The SMILES string of the molecule is Cc1cc(OC(=O)c2cnn(C)c2-n2c(C)ccc2C)ccc1[N+](=O)[O-]. The summed E-state index contributed by atoms with van der Waals surface area (Å²) in [6, 6.07) is 8.11. The van der Waals surface area contributed by atoms with E-state index in [0.717, 1.165) is 11.4 Å². The molecule has 2 heterocycles. The van der Waals surface area contributed by atoms with Crippen LogP contribution in [0.2, 0.25) is 0 Å². The van der Waals surface area contributed by atoms with Crippen LogP contribution in [0.15, 0.2) is 36.5 Å². The number of benzene rings is 1. The zero-order valence-corrected chi connectivity index (χ0v) is 14.9. The Morgan fingerprint density at radius 2 is 1.81 bits per heavy atom. The number of hydrogen-bond donors (Lipinski definition) is 0. The van der Waals surface area contributed by atoms with E-state index in [2.05, 4.69) is 5.10 Å². The molecule has 0 aliphatic heterocycles. The largest absolute Gasteiger partial charge is 0.423 e. The van der Waals surface area contributed by atoms with Crippen molar-refractivity contribution in [3.8, 4) is 11.6 Å². The van der Waals surface area contributed by atoms with Gasteiger partial charge >= 0.3 is 5.97 Å². The Bertz CT molecular complexity index is 997. The smallest absolute Gasteiger partial charge is 0.348 e. The Hall–Kier alpha value is -3.42. The van der Waals surface area contributed by atoms with E-state index in [4.69, 9.17) is 4.74 Å². The van der Waals surface area contributed by atoms with Gasteiger partial charge in [0.2, 0.25) is 0 Å². The molecular formula is C18H18N4O4. The normalized spacial score (nSPS) is 10.8. The molecule has 0 radical (unpaired) electrons. The number of hydrogen-bond acceptors (Lipinski definition) is 5. The number of nitro groups is 1. The van der Waals surface area contributed by atoms with Crippen molar-refractivity contribution in [2.75, 3.05) is 0 Å².